The van der Waals surface area contributed by atoms with E-state index >= 15 is 0 Å². The van der Waals surface area contributed by atoms with Crippen molar-refractivity contribution in [2.24, 2.45) is 0 Å². The molecule has 0 aromatic carbocycles. The summed E-state index contributed by atoms with van der Waals surface area (Å²) in [4.78, 5) is -3.71. The molecule has 0 aliphatic carbocycles. The van der Waals surface area contributed by atoms with Crippen molar-refractivity contribution >= 4 is 43.5 Å². The average Bonchev–Trinajstić information content (AvgIpc) is 1.85. The predicted octanol–water partition coefficient (Wildman–Crippen LogP) is 4.22. The zero-order chi connectivity index (χ0) is 9.83. The fourth-order valence-corrected chi connectivity index (χ4v) is 0.925. The predicted molar refractivity (Wildman–Crippen MR) is 51.1 cm³/mol. The lowest BCUT2D eigenvalue weighted by Crippen LogP contribution is -2.32. The van der Waals surface area contributed by atoms with Crippen LogP contribution in [0.15, 0.2) is 12.2 Å². The van der Waals surface area contributed by atoms with Crippen LogP contribution in [-0.2, 0) is 0 Å². The van der Waals surface area contributed by atoms with Crippen LogP contribution in [0.5, 0.6) is 0 Å². The highest BCUT2D eigenvalue weighted by Gasteiger charge is 2.50. The van der Waals surface area contributed by atoms with Gasteiger partial charge in [-0.05, 0) is 15.9 Å². The Morgan fingerprint density at radius 1 is 1.25 bits per heavy atom. The van der Waals surface area contributed by atoms with Gasteiger partial charge in [-0.25, -0.2) is 4.39 Å². The van der Waals surface area contributed by atoms with Crippen molar-refractivity contribution in [2.45, 2.75) is 16.4 Å². The number of allylic oxidation sites excluding steroid dienone is 2. The van der Waals surface area contributed by atoms with Gasteiger partial charge >= 0.3 is 4.83 Å². The molecule has 0 aliphatic heterocycles. The number of halogens is 6. The lowest BCUT2D eigenvalue weighted by molar-refractivity contribution is -0.00312. The first-order valence-corrected chi connectivity index (χ1v) is 5.26. The summed E-state index contributed by atoms with van der Waals surface area (Å²) in [6.45, 7) is 0. The third-order valence-electron chi connectivity index (χ3n) is 1.04. The molecule has 72 valence electrons. The zero-order valence-electron chi connectivity index (χ0n) is 5.84. The molecular formula is C6H6Br2ClF3. The molecule has 1 unspecified atom stereocenters. The molecule has 0 saturated carbocycles. The van der Waals surface area contributed by atoms with Gasteiger partial charge in [-0.1, -0.05) is 39.7 Å². The number of rotatable bonds is 4. The van der Waals surface area contributed by atoms with E-state index in [0.29, 0.717) is 5.33 Å². The minimum absolute atomic E-state index is 0.480. The highest BCUT2D eigenvalue weighted by molar-refractivity contribution is 9.10. The molecule has 12 heavy (non-hydrogen) atoms. The van der Waals surface area contributed by atoms with Gasteiger partial charge in [0.25, 0.3) is 5.13 Å². The molecule has 0 nitrogen and oxygen atoms in total. The van der Waals surface area contributed by atoms with Gasteiger partial charge in [0.05, 0.1) is 0 Å². The number of alkyl halides is 6. The lowest BCUT2D eigenvalue weighted by atomic mass is 10.2. The molecule has 0 saturated heterocycles. The molecule has 0 N–H and O–H groups in total. The number of hydrogen-bond donors (Lipinski definition) is 0. The Morgan fingerprint density at radius 3 is 2.08 bits per heavy atom. The van der Waals surface area contributed by atoms with Crippen LogP contribution in [0, 0.1) is 0 Å². The first-order valence-electron chi connectivity index (χ1n) is 2.97. The maximum atomic E-state index is 12.8. The van der Waals surface area contributed by atoms with E-state index < -0.39 is 16.4 Å². The van der Waals surface area contributed by atoms with Gasteiger partial charge in [0.15, 0.2) is 0 Å². The fraction of sp³-hybridized carbons (Fsp3) is 0.667. The summed E-state index contributed by atoms with van der Waals surface area (Å²) in [5, 5.41) is -2.58. The van der Waals surface area contributed by atoms with Gasteiger partial charge in [-0.15, -0.1) is 0 Å². The Bertz CT molecular complexity index is 165. The average molecular weight is 330 g/mol. The van der Waals surface area contributed by atoms with Gasteiger partial charge < -0.3 is 0 Å². The summed E-state index contributed by atoms with van der Waals surface area (Å²) < 4.78 is 37.4. The van der Waals surface area contributed by atoms with Crippen LogP contribution in [0.3, 0.4) is 0 Å². The number of hydrogen-bond acceptors (Lipinski definition) is 0. The van der Waals surface area contributed by atoms with Gasteiger partial charge in [0, 0.05) is 11.8 Å². The van der Waals surface area contributed by atoms with Crippen molar-refractivity contribution in [1.29, 1.82) is 0 Å². The van der Waals surface area contributed by atoms with Gasteiger partial charge in [-0.3, -0.25) is 0 Å². The van der Waals surface area contributed by atoms with Crippen molar-refractivity contribution in [1.82, 2.24) is 0 Å². The highest BCUT2D eigenvalue weighted by Crippen LogP contribution is 2.43. The Hall–Kier alpha value is 0.780. The summed E-state index contributed by atoms with van der Waals surface area (Å²) >= 11 is 9.80. The molecule has 0 aliphatic rings. The fourth-order valence-electron chi connectivity index (χ4n) is 0.410. The third kappa shape index (κ3) is 4.14. The molecule has 0 radical (unpaired) electrons. The van der Waals surface area contributed by atoms with Crippen molar-refractivity contribution in [3.63, 3.8) is 0 Å². The van der Waals surface area contributed by atoms with Crippen LogP contribution < -0.4 is 0 Å². The molecule has 6 heteroatoms. The third-order valence-corrected chi connectivity index (χ3v) is 2.67. The highest BCUT2D eigenvalue weighted by atomic mass is 79.9. The van der Waals surface area contributed by atoms with E-state index in [4.69, 9.17) is 11.6 Å². The standard InChI is InChI=1S/C6H6Br2ClF3/c7-4-2-1-3-5(9,10)6(8,11)12/h1-2H,3-4H2/b2-1+. The molecule has 0 amide bonds. The van der Waals surface area contributed by atoms with E-state index in [1.807, 2.05) is 15.9 Å². The maximum absolute atomic E-state index is 12.8. The first kappa shape index (κ1) is 12.8. The Morgan fingerprint density at radius 2 is 1.75 bits per heavy atom. The van der Waals surface area contributed by atoms with E-state index in [9.17, 15) is 13.2 Å². The van der Waals surface area contributed by atoms with Crippen molar-refractivity contribution in [3.05, 3.63) is 12.2 Å². The molecule has 0 heterocycles. The second-order valence-electron chi connectivity index (χ2n) is 2.03. The van der Waals surface area contributed by atoms with Crippen LogP contribution in [-0.4, -0.2) is 15.3 Å². The van der Waals surface area contributed by atoms with E-state index in [2.05, 4.69) is 15.9 Å². The van der Waals surface area contributed by atoms with Crippen molar-refractivity contribution in [3.8, 4) is 0 Å². The van der Waals surface area contributed by atoms with E-state index in [0.717, 1.165) is 0 Å². The topological polar surface area (TPSA) is 0 Å². The Balaban J connectivity index is 4.14. The van der Waals surface area contributed by atoms with Crippen LogP contribution in [0.1, 0.15) is 6.42 Å². The smallest absolute Gasteiger partial charge is 0.218 e. The van der Waals surface area contributed by atoms with Gasteiger partial charge in [0.1, 0.15) is 0 Å². The lowest BCUT2D eigenvalue weighted by Gasteiger charge is -2.21. The minimum atomic E-state index is -3.71. The van der Waals surface area contributed by atoms with Crippen molar-refractivity contribution < 1.29 is 13.2 Å². The quantitative estimate of drug-likeness (QED) is 0.535. The second-order valence-corrected chi connectivity index (χ2v) is 4.27. The summed E-state index contributed by atoms with van der Waals surface area (Å²) in [5.74, 6) is 0. The summed E-state index contributed by atoms with van der Waals surface area (Å²) in [5.41, 5.74) is 0. The molecule has 0 bridgehead atoms. The van der Waals surface area contributed by atoms with Crippen LogP contribution in [0.2, 0.25) is 0 Å². The normalized spacial score (nSPS) is 18.2. The Kier molecular flexibility index (Phi) is 5.18. The minimum Gasteiger partial charge on any atom is -0.218 e. The van der Waals surface area contributed by atoms with E-state index in [1.54, 1.807) is 0 Å². The maximum Gasteiger partial charge on any atom is 0.348 e. The Labute approximate surface area is 90.4 Å². The second kappa shape index (κ2) is 4.86. The summed E-state index contributed by atoms with van der Waals surface area (Å²) in [7, 11) is 0. The van der Waals surface area contributed by atoms with Crippen LogP contribution >= 0.6 is 43.5 Å². The van der Waals surface area contributed by atoms with Gasteiger partial charge in [-0.2, -0.15) is 8.78 Å². The molecule has 1 atom stereocenters. The van der Waals surface area contributed by atoms with Crippen molar-refractivity contribution in [2.75, 3.05) is 5.33 Å². The van der Waals surface area contributed by atoms with E-state index in [1.165, 1.54) is 12.2 Å². The molecule has 0 spiro atoms. The largest absolute Gasteiger partial charge is 0.348 e. The molecule has 0 aromatic rings. The molecular weight excluding hydrogens is 324 g/mol. The monoisotopic (exact) mass is 328 g/mol. The summed E-state index contributed by atoms with van der Waals surface area (Å²) in [6, 6.07) is 0. The van der Waals surface area contributed by atoms with E-state index in [-0.39, 0.29) is 0 Å². The SMILES string of the molecule is FC(F)(Br)C(F)(Cl)C/C=C/CBr. The van der Waals surface area contributed by atoms with Crippen LogP contribution in [0.4, 0.5) is 13.2 Å². The zero-order valence-corrected chi connectivity index (χ0v) is 9.76. The van der Waals surface area contributed by atoms with Crippen LogP contribution in [0.25, 0.3) is 0 Å². The molecule has 0 aromatic heterocycles. The van der Waals surface area contributed by atoms with Gasteiger partial charge in [0.2, 0.25) is 0 Å². The molecule has 0 rings (SSSR count). The first-order chi connectivity index (χ1) is 5.31. The molecule has 0 fully saturated rings. The summed E-state index contributed by atoms with van der Waals surface area (Å²) in [6.07, 6.45) is 2.20.